The van der Waals surface area contributed by atoms with Crippen LogP contribution in [0.1, 0.15) is 6.92 Å². The van der Waals surface area contributed by atoms with E-state index in [0.717, 1.165) is 16.6 Å². The number of aliphatic hydroxyl groups excluding tert-OH is 1. The fraction of sp³-hybridized carbons (Fsp3) is 0.889. The van der Waals surface area contributed by atoms with Gasteiger partial charge >= 0.3 is 6.09 Å². The largest absolute Gasteiger partial charge is 0.438 e. The standard InChI is InChI=1S/C9H19NO3S3/c1-2-14-8-16-7-13-9(12)10-3-5-15-6-4-11/h11H,2-8H2,1H3,(H,10,12). The third kappa shape index (κ3) is 12.4. The Balaban J connectivity index is 3.12. The SMILES string of the molecule is CCSCSCOC(=O)NCCSCCO. The molecule has 0 heterocycles. The van der Waals surface area contributed by atoms with E-state index >= 15 is 0 Å². The van der Waals surface area contributed by atoms with Crippen molar-refractivity contribution >= 4 is 41.4 Å². The number of amides is 1. The molecule has 0 saturated heterocycles. The summed E-state index contributed by atoms with van der Waals surface area (Å²) in [5.74, 6) is 3.00. The fourth-order valence-corrected chi connectivity index (χ4v) is 2.89. The lowest BCUT2D eigenvalue weighted by molar-refractivity contribution is 0.166. The molecule has 0 aromatic rings. The minimum absolute atomic E-state index is 0.181. The topological polar surface area (TPSA) is 58.6 Å². The molecule has 0 aromatic carbocycles. The summed E-state index contributed by atoms with van der Waals surface area (Å²) >= 11 is 5.01. The van der Waals surface area contributed by atoms with E-state index in [9.17, 15) is 4.79 Å². The van der Waals surface area contributed by atoms with Gasteiger partial charge in [-0.3, -0.25) is 0 Å². The third-order valence-corrected chi connectivity index (χ3v) is 4.39. The van der Waals surface area contributed by atoms with Crippen molar-refractivity contribution in [3.05, 3.63) is 0 Å². The van der Waals surface area contributed by atoms with Crippen molar-refractivity contribution in [1.29, 1.82) is 0 Å². The smallest absolute Gasteiger partial charge is 0.407 e. The molecule has 96 valence electrons. The van der Waals surface area contributed by atoms with Gasteiger partial charge in [0, 0.05) is 23.1 Å². The normalized spacial score (nSPS) is 10.1. The van der Waals surface area contributed by atoms with Crippen molar-refractivity contribution in [1.82, 2.24) is 5.32 Å². The van der Waals surface area contributed by atoms with Crippen molar-refractivity contribution in [3.8, 4) is 0 Å². The van der Waals surface area contributed by atoms with Gasteiger partial charge in [-0.15, -0.1) is 11.8 Å². The van der Waals surface area contributed by atoms with Crippen LogP contribution in [0.4, 0.5) is 4.79 Å². The zero-order valence-electron chi connectivity index (χ0n) is 9.44. The molecule has 0 radical (unpaired) electrons. The highest BCUT2D eigenvalue weighted by atomic mass is 32.2. The number of nitrogens with one attached hydrogen (secondary N) is 1. The molecule has 0 aromatic heterocycles. The van der Waals surface area contributed by atoms with Crippen LogP contribution in [0.2, 0.25) is 0 Å². The maximum atomic E-state index is 11.1. The molecule has 0 atom stereocenters. The van der Waals surface area contributed by atoms with E-state index in [4.69, 9.17) is 9.84 Å². The fourth-order valence-electron chi connectivity index (χ4n) is 0.714. The van der Waals surface area contributed by atoms with Crippen LogP contribution in [0.5, 0.6) is 0 Å². The highest BCUT2D eigenvalue weighted by Gasteiger charge is 2.00. The van der Waals surface area contributed by atoms with E-state index in [1.165, 1.54) is 0 Å². The molecule has 7 heteroatoms. The second kappa shape index (κ2) is 13.3. The van der Waals surface area contributed by atoms with Gasteiger partial charge in [-0.05, 0) is 5.75 Å². The van der Waals surface area contributed by atoms with E-state index in [1.54, 1.807) is 23.5 Å². The predicted octanol–water partition coefficient (Wildman–Crippen LogP) is 1.84. The van der Waals surface area contributed by atoms with Crippen LogP contribution in [0.25, 0.3) is 0 Å². The number of carbonyl (C=O) groups excluding carboxylic acids is 1. The average Bonchev–Trinajstić information content (AvgIpc) is 2.28. The van der Waals surface area contributed by atoms with Crippen molar-refractivity contribution in [2.45, 2.75) is 6.92 Å². The molecule has 0 fully saturated rings. The molecule has 16 heavy (non-hydrogen) atoms. The molecule has 0 bridgehead atoms. The lowest BCUT2D eigenvalue weighted by atomic mass is 10.7. The molecule has 1 amide bonds. The van der Waals surface area contributed by atoms with Crippen molar-refractivity contribution in [2.75, 3.05) is 41.4 Å². The van der Waals surface area contributed by atoms with Crippen LogP contribution >= 0.6 is 35.3 Å². The maximum absolute atomic E-state index is 11.1. The highest BCUT2D eigenvalue weighted by Crippen LogP contribution is 2.10. The Morgan fingerprint density at radius 2 is 2.12 bits per heavy atom. The van der Waals surface area contributed by atoms with Crippen molar-refractivity contribution in [2.24, 2.45) is 0 Å². The van der Waals surface area contributed by atoms with Gasteiger partial charge in [-0.25, -0.2) is 4.79 Å². The molecule has 0 unspecified atom stereocenters. The highest BCUT2D eigenvalue weighted by molar-refractivity contribution is 8.15. The summed E-state index contributed by atoms with van der Waals surface area (Å²) in [6.07, 6.45) is -0.362. The van der Waals surface area contributed by atoms with Crippen LogP contribution in [-0.4, -0.2) is 52.6 Å². The molecule has 0 aliphatic carbocycles. The zero-order valence-corrected chi connectivity index (χ0v) is 11.9. The first-order chi connectivity index (χ1) is 7.81. The number of ether oxygens (including phenoxy) is 1. The lowest BCUT2D eigenvalue weighted by Crippen LogP contribution is -2.26. The zero-order chi connectivity index (χ0) is 12.1. The van der Waals surface area contributed by atoms with Gasteiger partial charge in [0.05, 0.1) is 6.61 Å². The number of hydrogen-bond acceptors (Lipinski definition) is 6. The quantitative estimate of drug-likeness (QED) is 0.472. The van der Waals surface area contributed by atoms with Gasteiger partial charge in [0.25, 0.3) is 0 Å². The van der Waals surface area contributed by atoms with Crippen LogP contribution in [0.15, 0.2) is 0 Å². The number of hydrogen-bond donors (Lipinski definition) is 2. The lowest BCUT2D eigenvalue weighted by Gasteiger charge is -2.06. The maximum Gasteiger partial charge on any atom is 0.407 e. The third-order valence-electron chi connectivity index (χ3n) is 1.40. The van der Waals surface area contributed by atoms with E-state index in [1.807, 2.05) is 11.8 Å². The number of rotatable bonds is 10. The van der Waals surface area contributed by atoms with Gasteiger partial charge in [0.1, 0.15) is 5.94 Å². The Hall–Kier alpha value is 0.280. The second-order valence-electron chi connectivity index (χ2n) is 2.63. The summed E-state index contributed by atoms with van der Waals surface area (Å²) in [7, 11) is 0. The summed E-state index contributed by atoms with van der Waals surface area (Å²) in [6, 6.07) is 0. The van der Waals surface area contributed by atoms with E-state index in [0.29, 0.717) is 18.2 Å². The molecule has 0 saturated carbocycles. The Morgan fingerprint density at radius 1 is 1.31 bits per heavy atom. The molecule has 2 N–H and O–H groups in total. The molecule has 0 aliphatic heterocycles. The molecular formula is C9H19NO3S3. The van der Waals surface area contributed by atoms with Crippen molar-refractivity contribution in [3.63, 3.8) is 0 Å². The first-order valence-electron chi connectivity index (χ1n) is 5.06. The van der Waals surface area contributed by atoms with Crippen LogP contribution < -0.4 is 5.32 Å². The van der Waals surface area contributed by atoms with Gasteiger partial charge in [0.2, 0.25) is 0 Å². The number of alkyl carbamates (subject to hydrolysis) is 1. The molecular weight excluding hydrogens is 266 g/mol. The summed E-state index contributed by atoms with van der Waals surface area (Å²) in [5.41, 5.74) is 0. The summed E-state index contributed by atoms with van der Waals surface area (Å²) in [4.78, 5) is 11.1. The van der Waals surface area contributed by atoms with E-state index < -0.39 is 0 Å². The first-order valence-corrected chi connectivity index (χ1v) is 8.52. The van der Waals surface area contributed by atoms with Crippen LogP contribution in [-0.2, 0) is 4.74 Å². The van der Waals surface area contributed by atoms with Crippen molar-refractivity contribution < 1.29 is 14.6 Å². The number of aliphatic hydroxyl groups is 1. The molecule has 4 nitrogen and oxygen atoms in total. The number of thioether (sulfide) groups is 3. The molecule has 0 spiro atoms. The van der Waals surface area contributed by atoms with Gasteiger partial charge in [-0.1, -0.05) is 6.92 Å². The Labute approximate surface area is 110 Å². The minimum atomic E-state index is -0.362. The second-order valence-corrected chi connectivity index (χ2v) is 6.42. The van der Waals surface area contributed by atoms with Crippen LogP contribution in [0, 0.1) is 0 Å². The summed E-state index contributed by atoms with van der Waals surface area (Å²) < 4.78 is 4.94. The van der Waals surface area contributed by atoms with E-state index in [-0.39, 0.29) is 12.7 Å². The van der Waals surface area contributed by atoms with Gasteiger partial charge in [-0.2, -0.15) is 23.5 Å². The van der Waals surface area contributed by atoms with Crippen LogP contribution in [0.3, 0.4) is 0 Å². The Kier molecular flexibility index (Phi) is 13.6. The predicted molar refractivity (Wildman–Crippen MR) is 74.4 cm³/mol. The first kappa shape index (κ1) is 16.3. The van der Waals surface area contributed by atoms with Gasteiger partial charge < -0.3 is 15.2 Å². The molecule has 0 aliphatic rings. The monoisotopic (exact) mass is 285 g/mol. The summed E-state index contributed by atoms with van der Waals surface area (Å²) in [5, 5.41) is 12.1. The average molecular weight is 285 g/mol. The minimum Gasteiger partial charge on any atom is -0.438 e. The van der Waals surface area contributed by atoms with E-state index in [2.05, 4.69) is 12.2 Å². The Morgan fingerprint density at radius 3 is 2.81 bits per heavy atom. The number of carbonyl (C=O) groups is 1. The summed E-state index contributed by atoms with van der Waals surface area (Å²) in [6.45, 7) is 2.86. The Bertz CT molecular complexity index is 156. The molecule has 0 rings (SSSR count). The van der Waals surface area contributed by atoms with Gasteiger partial charge in [0.15, 0.2) is 0 Å².